The number of anilines is 1. The fourth-order valence-electron chi connectivity index (χ4n) is 4.03. The molecule has 1 aliphatic rings. The van der Waals surface area contributed by atoms with Crippen LogP contribution in [0, 0.1) is 18.6 Å². The van der Waals surface area contributed by atoms with Gasteiger partial charge < -0.3 is 15.1 Å². The summed E-state index contributed by atoms with van der Waals surface area (Å²) in [6, 6.07) is 4.71. The van der Waals surface area contributed by atoms with Crippen LogP contribution in [0.1, 0.15) is 48.5 Å². The van der Waals surface area contributed by atoms with Crippen molar-refractivity contribution in [2.75, 3.05) is 18.4 Å². The molecule has 0 unspecified atom stereocenters. The Morgan fingerprint density at radius 1 is 1.13 bits per heavy atom. The third-order valence-corrected chi connectivity index (χ3v) is 6.00. The minimum absolute atomic E-state index is 0.0937. The lowest BCUT2D eigenvalue weighted by molar-refractivity contribution is -0.141. The largest absolute Gasteiger partial charge is 0.433 e. The number of urea groups is 1. The van der Waals surface area contributed by atoms with E-state index in [0.717, 1.165) is 24.4 Å². The molecule has 2 amide bonds. The predicted octanol–water partition coefficient (Wildman–Crippen LogP) is 5.69. The number of benzene rings is 1. The van der Waals surface area contributed by atoms with E-state index in [1.165, 1.54) is 17.0 Å². The molecule has 1 fully saturated rings. The number of nitrogens with one attached hydrogen (secondary N) is 1. The molecule has 1 aliphatic heterocycles. The van der Waals surface area contributed by atoms with Gasteiger partial charge in [-0.1, -0.05) is 11.2 Å². The topological polar surface area (TPSA) is 92.6 Å². The summed E-state index contributed by atoms with van der Waals surface area (Å²) in [5.41, 5.74) is -0.0432. The summed E-state index contributed by atoms with van der Waals surface area (Å²) in [5.74, 6) is -1.45. The van der Waals surface area contributed by atoms with Crippen LogP contribution < -0.4 is 10.2 Å². The second kappa shape index (κ2) is 11.1. The fourth-order valence-corrected chi connectivity index (χ4v) is 4.03. The third-order valence-electron chi connectivity index (χ3n) is 6.00. The lowest BCUT2D eigenvalue weighted by Gasteiger charge is -2.32. The SMILES string of the molecule is CC(=NOc1ccnc(C(F)(F)F)c1)c1cnc(C)nc1C1CCN(C(=O)Nc2c(F)cccc2F)CC1. The second-order valence-electron chi connectivity index (χ2n) is 8.65. The molecule has 3 heterocycles. The number of nitrogens with zero attached hydrogens (tertiary/aromatic N) is 5. The number of para-hydroxylation sites is 1. The van der Waals surface area contributed by atoms with Gasteiger partial charge in [-0.15, -0.1) is 0 Å². The highest BCUT2D eigenvalue weighted by Crippen LogP contribution is 2.31. The van der Waals surface area contributed by atoms with Crippen LogP contribution in [0.15, 0.2) is 47.9 Å². The van der Waals surface area contributed by atoms with Crippen LogP contribution in [0.2, 0.25) is 0 Å². The number of pyridine rings is 1. The van der Waals surface area contributed by atoms with E-state index in [-0.39, 0.29) is 11.7 Å². The van der Waals surface area contributed by atoms with Crippen molar-refractivity contribution in [1.82, 2.24) is 19.9 Å². The number of likely N-dealkylation sites (tertiary alicyclic amines) is 1. The van der Waals surface area contributed by atoms with Gasteiger partial charge in [-0.3, -0.25) is 4.98 Å². The number of carbonyl (C=O) groups excluding carboxylic acids is 1. The van der Waals surface area contributed by atoms with Crippen molar-refractivity contribution in [2.45, 2.75) is 38.8 Å². The summed E-state index contributed by atoms with van der Waals surface area (Å²) < 4.78 is 66.6. The van der Waals surface area contributed by atoms with E-state index in [1.54, 1.807) is 20.0 Å². The minimum Gasteiger partial charge on any atom is -0.357 e. The number of carbonyl (C=O) groups is 1. The number of oxime groups is 1. The van der Waals surface area contributed by atoms with Gasteiger partial charge >= 0.3 is 12.2 Å². The number of hydrogen-bond donors (Lipinski definition) is 1. The summed E-state index contributed by atoms with van der Waals surface area (Å²) in [4.78, 5) is 31.3. The van der Waals surface area contributed by atoms with Gasteiger partial charge in [0.2, 0.25) is 0 Å². The molecule has 1 saturated heterocycles. The van der Waals surface area contributed by atoms with Crippen molar-refractivity contribution in [3.8, 4) is 5.75 Å². The zero-order valence-electron chi connectivity index (χ0n) is 20.4. The van der Waals surface area contributed by atoms with Crippen molar-refractivity contribution < 1.29 is 31.6 Å². The van der Waals surface area contributed by atoms with Crippen molar-refractivity contribution in [1.29, 1.82) is 0 Å². The molecule has 0 radical (unpaired) electrons. The normalized spacial score (nSPS) is 14.9. The van der Waals surface area contributed by atoms with Crippen LogP contribution in [-0.4, -0.2) is 44.7 Å². The number of aromatic nitrogens is 3. The van der Waals surface area contributed by atoms with Crippen LogP contribution >= 0.6 is 0 Å². The molecule has 200 valence electrons. The van der Waals surface area contributed by atoms with Gasteiger partial charge in [0.15, 0.2) is 5.75 Å². The summed E-state index contributed by atoms with van der Waals surface area (Å²) in [5, 5.41) is 6.26. The Labute approximate surface area is 214 Å². The van der Waals surface area contributed by atoms with Gasteiger partial charge in [-0.2, -0.15) is 13.2 Å². The van der Waals surface area contributed by atoms with Crippen molar-refractivity contribution in [3.63, 3.8) is 0 Å². The Kier molecular flexibility index (Phi) is 7.83. The summed E-state index contributed by atoms with van der Waals surface area (Å²) in [6.45, 7) is 3.95. The van der Waals surface area contributed by atoms with E-state index in [2.05, 4.69) is 25.4 Å². The lowest BCUT2D eigenvalue weighted by atomic mass is 9.90. The molecular weight excluding hydrogens is 511 g/mol. The molecule has 0 saturated carbocycles. The van der Waals surface area contributed by atoms with E-state index in [1.807, 2.05) is 0 Å². The molecule has 0 spiro atoms. The molecule has 0 atom stereocenters. The summed E-state index contributed by atoms with van der Waals surface area (Å²) >= 11 is 0. The quantitative estimate of drug-likeness (QED) is 0.258. The molecule has 38 heavy (non-hydrogen) atoms. The van der Waals surface area contributed by atoms with Gasteiger partial charge in [0, 0.05) is 49.1 Å². The fraction of sp³-hybridized carbons (Fsp3) is 0.320. The summed E-state index contributed by atoms with van der Waals surface area (Å²) in [6.07, 6.45) is -1.07. The van der Waals surface area contributed by atoms with Crippen LogP contribution in [0.3, 0.4) is 0 Å². The van der Waals surface area contributed by atoms with E-state index in [0.29, 0.717) is 48.7 Å². The number of alkyl halides is 3. The zero-order chi connectivity index (χ0) is 27.4. The van der Waals surface area contributed by atoms with Gasteiger partial charge in [0.25, 0.3) is 0 Å². The van der Waals surface area contributed by atoms with Gasteiger partial charge in [0.05, 0.1) is 11.4 Å². The maximum absolute atomic E-state index is 13.9. The molecular formula is C25H23F5N6O2. The van der Waals surface area contributed by atoms with E-state index < -0.39 is 35.2 Å². The first-order valence-corrected chi connectivity index (χ1v) is 11.6. The van der Waals surface area contributed by atoms with Crippen LogP contribution in [0.4, 0.5) is 32.4 Å². The zero-order valence-corrected chi connectivity index (χ0v) is 20.4. The Morgan fingerprint density at radius 2 is 1.82 bits per heavy atom. The van der Waals surface area contributed by atoms with Crippen molar-refractivity contribution >= 4 is 17.4 Å². The maximum atomic E-state index is 13.9. The Morgan fingerprint density at radius 3 is 2.47 bits per heavy atom. The van der Waals surface area contributed by atoms with E-state index >= 15 is 0 Å². The Balaban J connectivity index is 1.46. The number of aryl methyl sites for hydroxylation is 1. The minimum atomic E-state index is -4.62. The van der Waals surface area contributed by atoms with Gasteiger partial charge in [0.1, 0.15) is 28.8 Å². The monoisotopic (exact) mass is 534 g/mol. The standard InChI is InChI=1S/C25H23F5N6O2/c1-14(35-38-17-6-9-31-21(12-17)25(28,29)30)18-13-32-15(2)33-22(18)16-7-10-36(11-8-16)24(37)34-23-19(26)4-3-5-20(23)27/h3-6,9,12-13,16H,7-8,10-11H2,1-2H3,(H,34,37). The highest BCUT2D eigenvalue weighted by atomic mass is 19.4. The lowest BCUT2D eigenvalue weighted by Crippen LogP contribution is -2.41. The summed E-state index contributed by atoms with van der Waals surface area (Å²) in [7, 11) is 0. The molecule has 1 N–H and O–H groups in total. The average molecular weight is 534 g/mol. The van der Waals surface area contributed by atoms with Crippen LogP contribution in [0.5, 0.6) is 5.75 Å². The maximum Gasteiger partial charge on any atom is 0.433 e. The predicted molar refractivity (Wildman–Crippen MR) is 128 cm³/mol. The average Bonchev–Trinajstić information content (AvgIpc) is 2.89. The van der Waals surface area contributed by atoms with Crippen LogP contribution in [-0.2, 0) is 6.18 Å². The molecule has 8 nitrogen and oxygen atoms in total. The van der Waals surface area contributed by atoms with Crippen LogP contribution in [0.25, 0.3) is 0 Å². The molecule has 2 aromatic heterocycles. The van der Waals surface area contributed by atoms with Gasteiger partial charge in [-0.25, -0.2) is 23.5 Å². The molecule has 1 aromatic carbocycles. The van der Waals surface area contributed by atoms with Crippen molar-refractivity contribution in [3.05, 3.63) is 77.1 Å². The first-order chi connectivity index (χ1) is 18.0. The third kappa shape index (κ3) is 6.21. The van der Waals surface area contributed by atoms with E-state index in [9.17, 15) is 26.7 Å². The molecule has 0 aliphatic carbocycles. The van der Waals surface area contributed by atoms with Gasteiger partial charge in [-0.05, 0) is 38.8 Å². The van der Waals surface area contributed by atoms with Crippen molar-refractivity contribution in [2.24, 2.45) is 5.16 Å². The second-order valence-corrected chi connectivity index (χ2v) is 8.65. The molecule has 13 heteroatoms. The highest BCUT2D eigenvalue weighted by Gasteiger charge is 2.33. The number of piperidine rings is 1. The molecule has 3 aromatic rings. The number of rotatable bonds is 5. The number of amides is 2. The number of hydrogen-bond acceptors (Lipinski definition) is 6. The molecule has 4 rings (SSSR count). The smallest absolute Gasteiger partial charge is 0.357 e. The first kappa shape index (κ1) is 26.9. The first-order valence-electron chi connectivity index (χ1n) is 11.6. The number of halogens is 5. The Hall–Kier alpha value is -4.16. The Bertz CT molecular complexity index is 1340. The highest BCUT2D eigenvalue weighted by molar-refractivity contribution is 5.99. The molecule has 0 bridgehead atoms. The van der Waals surface area contributed by atoms with E-state index in [4.69, 9.17) is 4.84 Å².